The van der Waals surface area contributed by atoms with Gasteiger partial charge in [0.1, 0.15) is 0 Å². The van der Waals surface area contributed by atoms with Crippen molar-refractivity contribution in [3.63, 3.8) is 0 Å². The van der Waals surface area contributed by atoms with Crippen molar-refractivity contribution in [2.45, 2.75) is 32.7 Å². The Balaban J connectivity index is 1.89. The first-order chi connectivity index (χ1) is 10.1. The fourth-order valence-corrected chi connectivity index (χ4v) is 2.93. The molecule has 4 nitrogen and oxygen atoms in total. The van der Waals surface area contributed by atoms with Crippen molar-refractivity contribution < 1.29 is 9.90 Å². The lowest BCUT2D eigenvalue weighted by Crippen LogP contribution is -2.50. The summed E-state index contributed by atoms with van der Waals surface area (Å²) in [6.07, 6.45) is 2.83. The smallest absolute Gasteiger partial charge is 0.317 e. The summed E-state index contributed by atoms with van der Waals surface area (Å²) in [6, 6.07) is 7.39. The molecule has 1 aromatic carbocycles. The number of benzene rings is 1. The fourth-order valence-electron chi connectivity index (χ4n) is 2.80. The fraction of sp³-hybridized carbons (Fsp3) is 0.562. The summed E-state index contributed by atoms with van der Waals surface area (Å²) in [6.45, 7) is 4.10. The van der Waals surface area contributed by atoms with Gasteiger partial charge in [-0.05, 0) is 37.0 Å². The maximum absolute atomic E-state index is 12.3. The quantitative estimate of drug-likeness (QED) is 0.898. The highest BCUT2D eigenvalue weighted by atomic mass is 35.5. The Morgan fingerprint density at radius 2 is 2.14 bits per heavy atom. The van der Waals surface area contributed by atoms with Crippen molar-refractivity contribution in [2.24, 2.45) is 5.41 Å². The minimum absolute atomic E-state index is 0.0593. The Labute approximate surface area is 131 Å². The van der Waals surface area contributed by atoms with Gasteiger partial charge in [-0.25, -0.2) is 4.79 Å². The molecular formula is C16H23ClN2O2. The van der Waals surface area contributed by atoms with Gasteiger partial charge in [0.05, 0.1) is 6.61 Å². The van der Waals surface area contributed by atoms with E-state index >= 15 is 0 Å². The van der Waals surface area contributed by atoms with Gasteiger partial charge in [-0.15, -0.1) is 0 Å². The average Bonchev–Trinajstić information content (AvgIpc) is 2.54. The molecule has 5 heteroatoms. The number of nitrogens with zero attached hydrogens (tertiary/aromatic N) is 1. The molecule has 0 unspecified atom stereocenters. The molecule has 1 atom stereocenters. The van der Waals surface area contributed by atoms with Crippen LogP contribution < -0.4 is 5.32 Å². The Kier molecular flexibility index (Phi) is 5.48. The molecule has 2 rings (SSSR count). The van der Waals surface area contributed by atoms with Crippen LogP contribution >= 0.6 is 11.6 Å². The van der Waals surface area contributed by atoms with E-state index in [9.17, 15) is 9.90 Å². The molecule has 1 fully saturated rings. The zero-order valence-electron chi connectivity index (χ0n) is 12.4. The number of likely N-dealkylation sites (tertiary alicyclic amines) is 1. The Hall–Kier alpha value is -1.26. The second-order valence-electron chi connectivity index (χ2n) is 5.82. The Morgan fingerprint density at radius 3 is 2.76 bits per heavy atom. The van der Waals surface area contributed by atoms with Crippen molar-refractivity contribution in [3.05, 3.63) is 34.9 Å². The monoisotopic (exact) mass is 310 g/mol. The molecule has 0 spiro atoms. The summed E-state index contributed by atoms with van der Waals surface area (Å²) in [4.78, 5) is 14.1. The van der Waals surface area contributed by atoms with Gasteiger partial charge in [-0.1, -0.05) is 30.7 Å². The molecule has 1 aromatic rings. The predicted molar refractivity (Wildman–Crippen MR) is 84.3 cm³/mol. The minimum atomic E-state index is -0.129. The number of hydrogen-bond donors (Lipinski definition) is 2. The van der Waals surface area contributed by atoms with Crippen molar-refractivity contribution >= 4 is 17.6 Å². The summed E-state index contributed by atoms with van der Waals surface area (Å²) in [5, 5.41) is 13.2. The van der Waals surface area contributed by atoms with E-state index in [-0.39, 0.29) is 18.1 Å². The van der Waals surface area contributed by atoms with E-state index in [1.54, 1.807) is 0 Å². The molecule has 116 valence electrons. The summed E-state index contributed by atoms with van der Waals surface area (Å²) in [5.41, 5.74) is 0.893. The van der Waals surface area contributed by atoms with Gasteiger partial charge in [0.25, 0.3) is 0 Å². The molecule has 0 bridgehead atoms. The highest BCUT2D eigenvalue weighted by Crippen LogP contribution is 2.32. The summed E-state index contributed by atoms with van der Waals surface area (Å²) in [5.74, 6) is 0. The molecule has 2 N–H and O–H groups in total. The van der Waals surface area contributed by atoms with Crippen LogP contribution in [0.25, 0.3) is 0 Å². The van der Waals surface area contributed by atoms with Crippen LogP contribution in [0.3, 0.4) is 0 Å². The lowest BCUT2D eigenvalue weighted by Gasteiger charge is -2.41. The van der Waals surface area contributed by atoms with Crippen LogP contribution in [-0.2, 0) is 6.54 Å². The zero-order chi connectivity index (χ0) is 15.3. The number of aliphatic hydroxyl groups excluding tert-OH is 1. The standard InChI is InChI=1S/C16H23ClN2O2/c1-2-16(12-20)8-3-9-19(11-16)15(21)18-10-13-4-6-14(17)7-5-13/h4-7,20H,2-3,8-12H2,1H3,(H,18,21)/t16-/m1/s1. The number of carbonyl (C=O) groups excluding carboxylic acids is 1. The summed E-state index contributed by atoms with van der Waals surface area (Å²) < 4.78 is 0. The van der Waals surface area contributed by atoms with Gasteiger partial charge < -0.3 is 15.3 Å². The van der Waals surface area contributed by atoms with Crippen molar-refractivity contribution in [1.82, 2.24) is 10.2 Å². The molecule has 0 aliphatic carbocycles. The number of urea groups is 1. The average molecular weight is 311 g/mol. The van der Waals surface area contributed by atoms with Gasteiger partial charge in [-0.3, -0.25) is 0 Å². The third kappa shape index (κ3) is 4.11. The second-order valence-corrected chi connectivity index (χ2v) is 6.26. The van der Waals surface area contributed by atoms with Crippen LogP contribution in [-0.4, -0.2) is 35.7 Å². The molecule has 0 aromatic heterocycles. The predicted octanol–water partition coefficient (Wildman–Crippen LogP) is 3.03. The largest absolute Gasteiger partial charge is 0.396 e. The number of piperidine rings is 1. The molecule has 0 saturated carbocycles. The second kappa shape index (κ2) is 7.14. The highest BCUT2D eigenvalue weighted by Gasteiger charge is 2.35. The lowest BCUT2D eigenvalue weighted by atomic mass is 9.78. The number of amides is 2. The van der Waals surface area contributed by atoms with E-state index in [1.165, 1.54) is 0 Å². The molecule has 1 saturated heterocycles. The number of hydrogen-bond acceptors (Lipinski definition) is 2. The van der Waals surface area contributed by atoms with Crippen LogP contribution in [0.15, 0.2) is 24.3 Å². The van der Waals surface area contributed by atoms with Crippen molar-refractivity contribution in [1.29, 1.82) is 0 Å². The van der Waals surface area contributed by atoms with E-state index in [1.807, 2.05) is 29.2 Å². The molecule has 0 radical (unpaired) electrons. The van der Waals surface area contributed by atoms with Crippen LogP contribution in [0.4, 0.5) is 4.79 Å². The first kappa shape index (κ1) is 16.1. The number of carbonyl (C=O) groups is 1. The number of aliphatic hydroxyl groups is 1. The van der Waals surface area contributed by atoms with E-state index in [4.69, 9.17) is 11.6 Å². The van der Waals surface area contributed by atoms with E-state index < -0.39 is 0 Å². The van der Waals surface area contributed by atoms with Gasteiger partial charge in [0.15, 0.2) is 0 Å². The molecule has 1 heterocycles. The van der Waals surface area contributed by atoms with Gasteiger partial charge in [0.2, 0.25) is 0 Å². The van der Waals surface area contributed by atoms with Crippen LogP contribution in [0.1, 0.15) is 31.7 Å². The number of rotatable bonds is 4. The highest BCUT2D eigenvalue weighted by molar-refractivity contribution is 6.30. The number of nitrogens with one attached hydrogen (secondary N) is 1. The lowest BCUT2D eigenvalue weighted by molar-refractivity contribution is 0.0439. The molecule has 2 amide bonds. The van der Waals surface area contributed by atoms with Crippen LogP contribution in [0.2, 0.25) is 5.02 Å². The van der Waals surface area contributed by atoms with Crippen LogP contribution in [0, 0.1) is 5.41 Å². The molecule has 21 heavy (non-hydrogen) atoms. The van der Waals surface area contributed by atoms with E-state index in [0.29, 0.717) is 18.1 Å². The Morgan fingerprint density at radius 1 is 1.43 bits per heavy atom. The first-order valence-electron chi connectivity index (χ1n) is 7.47. The minimum Gasteiger partial charge on any atom is -0.396 e. The van der Waals surface area contributed by atoms with E-state index in [0.717, 1.165) is 31.4 Å². The van der Waals surface area contributed by atoms with Crippen LogP contribution in [0.5, 0.6) is 0 Å². The Bertz CT molecular complexity index is 472. The molecule has 1 aliphatic heterocycles. The molecule has 1 aliphatic rings. The zero-order valence-corrected chi connectivity index (χ0v) is 13.2. The SMILES string of the molecule is CC[C@@]1(CO)CCCN(C(=O)NCc2ccc(Cl)cc2)C1. The van der Waals surface area contributed by atoms with Gasteiger partial charge in [0, 0.05) is 30.1 Å². The van der Waals surface area contributed by atoms with E-state index in [2.05, 4.69) is 12.2 Å². The maximum Gasteiger partial charge on any atom is 0.317 e. The van der Waals surface area contributed by atoms with Crippen molar-refractivity contribution in [2.75, 3.05) is 19.7 Å². The summed E-state index contributed by atoms with van der Waals surface area (Å²) >= 11 is 5.84. The first-order valence-corrected chi connectivity index (χ1v) is 7.84. The third-order valence-corrected chi connectivity index (χ3v) is 4.64. The van der Waals surface area contributed by atoms with Gasteiger partial charge in [-0.2, -0.15) is 0 Å². The number of halogens is 1. The normalized spacial score (nSPS) is 22.1. The van der Waals surface area contributed by atoms with Crippen molar-refractivity contribution in [3.8, 4) is 0 Å². The summed E-state index contributed by atoms with van der Waals surface area (Å²) in [7, 11) is 0. The molecular weight excluding hydrogens is 288 g/mol. The maximum atomic E-state index is 12.3. The third-order valence-electron chi connectivity index (χ3n) is 4.39. The van der Waals surface area contributed by atoms with Gasteiger partial charge >= 0.3 is 6.03 Å². The topological polar surface area (TPSA) is 52.6 Å².